The number of anilines is 1. The van der Waals surface area contributed by atoms with Crippen molar-refractivity contribution in [3.8, 4) is 6.07 Å². The minimum Gasteiger partial charge on any atom is -0.366 e. The Kier molecular flexibility index (Phi) is 5.15. The van der Waals surface area contributed by atoms with E-state index in [0.717, 1.165) is 9.75 Å². The normalized spacial score (nSPS) is 15.2. The van der Waals surface area contributed by atoms with Crippen molar-refractivity contribution < 1.29 is 9.18 Å². The summed E-state index contributed by atoms with van der Waals surface area (Å²) in [6.07, 6.45) is 1.64. The standard InChI is InChI=1S/C19H18FN3OS/c1-14-6-7-16(25-14)12-15(13-21)19(24)23-10-8-22(9-11-23)18-5-3-2-4-17(18)20/h2-7,12H,8-11H2,1H3/b15-12+. The summed E-state index contributed by atoms with van der Waals surface area (Å²) in [5.74, 6) is -0.519. The van der Waals surface area contributed by atoms with Gasteiger partial charge in [0.15, 0.2) is 0 Å². The predicted molar refractivity (Wildman–Crippen MR) is 97.8 cm³/mol. The van der Waals surface area contributed by atoms with E-state index < -0.39 is 0 Å². The van der Waals surface area contributed by atoms with Crippen molar-refractivity contribution in [2.75, 3.05) is 31.1 Å². The van der Waals surface area contributed by atoms with Gasteiger partial charge in [0.05, 0.1) is 5.69 Å². The number of carbonyl (C=O) groups excluding carboxylic acids is 1. The van der Waals surface area contributed by atoms with Crippen molar-refractivity contribution in [1.29, 1.82) is 5.26 Å². The number of aryl methyl sites for hydroxylation is 1. The lowest BCUT2D eigenvalue weighted by Crippen LogP contribution is -2.49. The Morgan fingerprint density at radius 2 is 1.92 bits per heavy atom. The first-order valence-electron chi connectivity index (χ1n) is 8.05. The Morgan fingerprint density at radius 3 is 2.52 bits per heavy atom. The number of rotatable bonds is 3. The van der Waals surface area contributed by atoms with Gasteiger partial charge in [-0.2, -0.15) is 5.26 Å². The Bertz CT molecular complexity index is 844. The third-order valence-corrected chi connectivity index (χ3v) is 5.11. The molecule has 3 rings (SSSR count). The summed E-state index contributed by atoms with van der Waals surface area (Å²) in [6.45, 7) is 4.01. The van der Waals surface area contributed by atoms with Gasteiger partial charge in [-0.05, 0) is 37.3 Å². The summed E-state index contributed by atoms with van der Waals surface area (Å²) >= 11 is 1.55. The quantitative estimate of drug-likeness (QED) is 0.626. The second-order valence-electron chi connectivity index (χ2n) is 5.85. The zero-order valence-electron chi connectivity index (χ0n) is 13.9. The molecule has 0 spiro atoms. The predicted octanol–water partition coefficient (Wildman–Crippen LogP) is 3.45. The van der Waals surface area contributed by atoms with Gasteiger partial charge in [-0.25, -0.2) is 4.39 Å². The molecular weight excluding hydrogens is 337 g/mol. The maximum absolute atomic E-state index is 13.9. The van der Waals surface area contributed by atoms with Gasteiger partial charge in [-0.1, -0.05) is 12.1 Å². The van der Waals surface area contributed by atoms with E-state index in [-0.39, 0.29) is 17.3 Å². The molecule has 1 fully saturated rings. The van der Waals surface area contributed by atoms with Gasteiger partial charge in [0.25, 0.3) is 5.91 Å². The molecule has 0 unspecified atom stereocenters. The summed E-state index contributed by atoms with van der Waals surface area (Å²) in [6, 6.07) is 12.5. The third-order valence-electron chi connectivity index (χ3n) is 4.16. The zero-order chi connectivity index (χ0) is 17.8. The molecule has 1 aliphatic rings. The molecule has 1 aromatic carbocycles. The number of thiophene rings is 1. The second kappa shape index (κ2) is 7.49. The fraction of sp³-hybridized carbons (Fsp3) is 0.263. The average molecular weight is 355 g/mol. The number of hydrogen-bond acceptors (Lipinski definition) is 4. The molecule has 6 heteroatoms. The Hall–Kier alpha value is -2.65. The Labute approximate surface area is 150 Å². The molecule has 4 nitrogen and oxygen atoms in total. The highest BCUT2D eigenvalue weighted by Gasteiger charge is 2.24. The van der Waals surface area contributed by atoms with E-state index in [0.29, 0.717) is 31.9 Å². The molecule has 128 valence electrons. The molecule has 0 atom stereocenters. The number of carbonyl (C=O) groups is 1. The number of nitrogens with zero attached hydrogens (tertiary/aromatic N) is 3. The molecule has 1 aromatic heterocycles. The first-order valence-corrected chi connectivity index (χ1v) is 8.87. The number of halogens is 1. The smallest absolute Gasteiger partial charge is 0.264 e. The van der Waals surface area contributed by atoms with Crippen molar-refractivity contribution >= 4 is 29.0 Å². The van der Waals surface area contributed by atoms with Crippen LogP contribution in [0.15, 0.2) is 42.0 Å². The van der Waals surface area contributed by atoms with Crippen LogP contribution in [0.2, 0.25) is 0 Å². The van der Waals surface area contributed by atoms with Crippen LogP contribution in [0.4, 0.5) is 10.1 Å². The van der Waals surface area contributed by atoms with Gasteiger partial charge in [-0.3, -0.25) is 4.79 Å². The summed E-state index contributed by atoms with van der Waals surface area (Å²) in [4.78, 5) is 18.2. The molecule has 0 radical (unpaired) electrons. The van der Waals surface area contributed by atoms with Crippen molar-refractivity contribution in [3.63, 3.8) is 0 Å². The first kappa shape index (κ1) is 17.2. The lowest BCUT2D eigenvalue weighted by molar-refractivity contribution is -0.126. The second-order valence-corrected chi connectivity index (χ2v) is 7.17. The van der Waals surface area contributed by atoms with Crippen LogP contribution in [0.25, 0.3) is 6.08 Å². The van der Waals surface area contributed by atoms with Gasteiger partial charge in [0.1, 0.15) is 17.5 Å². The highest BCUT2D eigenvalue weighted by atomic mass is 32.1. The molecule has 1 amide bonds. The van der Waals surface area contributed by atoms with Crippen LogP contribution in [0, 0.1) is 24.1 Å². The van der Waals surface area contributed by atoms with Crippen molar-refractivity contribution in [2.45, 2.75) is 6.92 Å². The summed E-state index contributed by atoms with van der Waals surface area (Å²) in [7, 11) is 0. The molecule has 0 N–H and O–H groups in total. The number of amides is 1. The molecule has 0 bridgehead atoms. The molecule has 1 saturated heterocycles. The van der Waals surface area contributed by atoms with E-state index in [4.69, 9.17) is 0 Å². The number of piperazine rings is 1. The van der Waals surface area contributed by atoms with Crippen molar-refractivity contribution in [2.24, 2.45) is 0 Å². The van der Waals surface area contributed by atoms with Crippen LogP contribution < -0.4 is 4.90 Å². The van der Waals surface area contributed by atoms with Crippen LogP contribution >= 0.6 is 11.3 Å². The van der Waals surface area contributed by atoms with E-state index in [1.807, 2.05) is 30.0 Å². The lowest BCUT2D eigenvalue weighted by atomic mass is 10.2. The minimum absolute atomic E-state index is 0.140. The van der Waals surface area contributed by atoms with Crippen LogP contribution in [0.5, 0.6) is 0 Å². The summed E-state index contributed by atoms with van der Waals surface area (Å²) in [5, 5.41) is 9.34. The van der Waals surface area contributed by atoms with Crippen LogP contribution in [-0.4, -0.2) is 37.0 Å². The van der Waals surface area contributed by atoms with Crippen LogP contribution in [-0.2, 0) is 4.79 Å². The van der Waals surface area contributed by atoms with E-state index in [1.54, 1.807) is 40.5 Å². The van der Waals surface area contributed by atoms with Gasteiger partial charge in [0.2, 0.25) is 0 Å². The Balaban J connectivity index is 1.68. The molecular formula is C19H18FN3OS. The SMILES string of the molecule is Cc1ccc(/C=C(\C#N)C(=O)N2CCN(c3ccccc3F)CC2)s1. The average Bonchev–Trinajstić information content (AvgIpc) is 3.05. The van der Waals surface area contributed by atoms with E-state index >= 15 is 0 Å². The van der Waals surface area contributed by atoms with Gasteiger partial charge >= 0.3 is 0 Å². The van der Waals surface area contributed by atoms with E-state index in [9.17, 15) is 14.4 Å². The highest BCUT2D eigenvalue weighted by Crippen LogP contribution is 2.22. The maximum atomic E-state index is 13.9. The zero-order valence-corrected chi connectivity index (χ0v) is 14.7. The monoisotopic (exact) mass is 355 g/mol. The van der Waals surface area contributed by atoms with Crippen molar-refractivity contribution in [1.82, 2.24) is 4.90 Å². The third kappa shape index (κ3) is 3.89. The fourth-order valence-electron chi connectivity index (χ4n) is 2.84. The van der Waals surface area contributed by atoms with E-state index in [1.165, 1.54) is 6.07 Å². The number of nitriles is 1. The number of hydrogen-bond donors (Lipinski definition) is 0. The Morgan fingerprint density at radius 1 is 1.20 bits per heavy atom. The summed E-state index contributed by atoms with van der Waals surface area (Å²) in [5.41, 5.74) is 0.695. The summed E-state index contributed by atoms with van der Waals surface area (Å²) < 4.78 is 13.9. The topological polar surface area (TPSA) is 47.3 Å². The van der Waals surface area contributed by atoms with Gasteiger partial charge in [0, 0.05) is 35.9 Å². The minimum atomic E-state index is -0.262. The fourth-order valence-corrected chi connectivity index (χ4v) is 3.66. The van der Waals surface area contributed by atoms with Crippen molar-refractivity contribution in [3.05, 3.63) is 57.5 Å². The molecule has 1 aliphatic heterocycles. The van der Waals surface area contributed by atoms with Crippen LogP contribution in [0.3, 0.4) is 0 Å². The maximum Gasteiger partial charge on any atom is 0.264 e. The molecule has 25 heavy (non-hydrogen) atoms. The van der Waals surface area contributed by atoms with Gasteiger partial charge in [-0.15, -0.1) is 11.3 Å². The first-order chi connectivity index (χ1) is 12.1. The molecule has 0 aliphatic carbocycles. The molecule has 0 saturated carbocycles. The lowest BCUT2D eigenvalue weighted by Gasteiger charge is -2.36. The van der Waals surface area contributed by atoms with E-state index in [2.05, 4.69) is 0 Å². The van der Waals surface area contributed by atoms with Gasteiger partial charge < -0.3 is 9.80 Å². The number of benzene rings is 1. The number of para-hydroxylation sites is 1. The highest BCUT2D eigenvalue weighted by molar-refractivity contribution is 7.12. The largest absolute Gasteiger partial charge is 0.366 e. The van der Waals surface area contributed by atoms with Crippen LogP contribution in [0.1, 0.15) is 9.75 Å². The molecule has 2 heterocycles. The molecule has 2 aromatic rings.